The highest BCUT2D eigenvalue weighted by Gasteiger charge is 2.09. The molecule has 0 amide bonds. The molecule has 4 nitrogen and oxygen atoms in total. The van der Waals surface area contributed by atoms with E-state index in [4.69, 9.17) is 16.3 Å². The van der Waals surface area contributed by atoms with E-state index >= 15 is 0 Å². The average Bonchev–Trinajstić information content (AvgIpc) is 2.41. The van der Waals surface area contributed by atoms with Crippen LogP contribution in [0, 0.1) is 0 Å². The molecule has 2 rings (SSSR count). The maximum absolute atomic E-state index is 12.0. The number of hydrogen-bond acceptors (Lipinski definition) is 3. The number of aromatic nitrogens is 2. The summed E-state index contributed by atoms with van der Waals surface area (Å²) in [7, 11) is 1.60. The summed E-state index contributed by atoms with van der Waals surface area (Å²) < 4.78 is 7.79. The van der Waals surface area contributed by atoms with Crippen LogP contribution >= 0.6 is 43.5 Å². The molecule has 0 aliphatic rings. The summed E-state index contributed by atoms with van der Waals surface area (Å²) in [5.74, 6) is 0.729. The lowest BCUT2D eigenvalue weighted by Crippen LogP contribution is -2.22. The van der Waals surface area contributed by atoms with Crippen molar-refractivity contribution in [2.45, 2.75) is 6.54 Å². The molecule has 1 heterocycles. The molecule has 0 spiro atoms. The van der Waals surface area contributed by atoms with Crippen LogP contribution in [0.5, 0.6) is 5.75 Å². The van der Waals surface area contributed by atoms with Crippen molar-refractivity contribution in [1.29, 1.82) is 0 Å². The van der Waals surface area contributed by atoms with Crippen molar-refractivity contribution >= 4 is 43.5 Å². The first-order valence-corrected chi connectivity index (χ1v) is 7.22. The third-order valence-corrected chi connectivity index (χ3v) is 4.54. The number of rotatable bonds is 3. The maximum atomic E-state index is 12.0. The van der Waals surface area contributed by atoms with E-state index in [0.717, 1.165) is 15.8 Å². The second kappa shape index (κ2) is 6.07. The lowest BCUT2D eigenvalue weighted by Gasteiger charge is -2.10. The van der Waals surface area contributed by atoms with Gasteiger partial charge in [-0.15, -0.1) is 0 Å². The molecule has 0 N–H and O–H groups in total. The van der Waals surface area contributed by atoms with Crippen LogP contribution in [0.15, 0.2) is 38.3 Å². The highest BCUT2D eigenvalue weighted by atomic mass is 79.9. The average molecular weight is 408 g/mol. The van der Waals surface area contributed by atoms with Crippen molar-refractivity contribution in [2.24, 2.45) is 0 Å². The van der Waals surface area contributed by atoms with Crippen LogP contribution in [-0.2, 0) is 6.54 Å². The summed E-state index contributed by atoms with van der Waals surface area (Å²) in [4.78, 5) is 15.9. The van der Waals surface area contributed by atoms with E-state index in [9.17, 15) is 4.79 Å². The topological polar surface area (TPSA) is 44.1 Å². The second-order valence-electron chi connectivity index (χ2n) is 3.74. The molecular formula is C12H9Br2ClN2O2. The van der Waals surface area contributed by atoms with E-state index in [-0.39, 0.29) is 15.2 Å². The van der Waals surface area contributed by atoms with Crippen molar-refractivity contribution in [3.63, 3.8) is 0 Å². The van der Waals surface area contributed by atoms with Gasteiger partial charge in [0, 0.05) is 4.47 Å². The van der Waals surface area contributed by atoms with Gasteiger partial charge >= 0.3 is 0 Å². The number of ether oxygens (including phenoxy) is 1. The Morgan fingerprint density at radius 3 is 2.84 bits per heavy atom. The predicted octanol–water partition coefficient (Wildman–Crippen LogP) is 3.48. The Balaban J connectivity index is 2.42. The van der Waals surface area contributed by atoms with E-state index in [1.165, 1.54) is 10.9 Å². The van der Waals surface area contributed by atoms with Gasteiger partial charge in [-0.05, 0) is 39.7 Å². The van der Waals surface area contributed by atoms with Gasteiger partial charge in [0.1, 0.15) is 10.2 Å². The van der Waals surface area contributed by atoms with Gasteiger partial charge < -0.3 is 4.74 Å². The lowest BCUT2D eigenvalue weighted by molar-refractivity contribution is 0.414. The van der Waals surface area contributed by atoms with Crippen molar-refractivity contribution in [2.75, 3.05) is 7.11 Å². The van der Waals surface area contributed by atoms with Gasteiger partial charge in [0.15, 0.2) is 5.15 Å². The van der Waals surface area contributed by atoms with Crippen LogP contribution in [0.2, 0.25) is 5.15 Å². The summed E-state index contributed by atoms with van der Waals surface area (Å²) in [5, 5.41) is 0.158. The highest BCUT2D eigenvalue weighted by Crippen LogP contribution is 2.23. The van der Waals surface area contributed by atoms with Crippen LogP contribution in [0.25, 0.3) is 0 Å². The Hall–Kier alpha value is -0.850. The van der Waals surface area contributed by atoms with Crippen molar-refractivity contribution < 1.29 is 4.74 Å². The molecule has 0 bridgehead atoms. The molecule has 0 fully saturated rings. The Labute approximate surface area is 131 Å². The maximum Gasteiger partial charge on any atom is 0.269 e. The van der Waals surface area contributed by atoms with Gasteiger partial charge in [-0.25, -0.2) is 4.98 Å². The first-order chi connectivity index (χ1) is 9.02. The Morgan fingerprint density at radius 1 is 1.42 bits per heavy atom. The zero-order valence-corrected chi connectivity index (χ0v) is 13.8. The monoisotopic (exact) mass is 406 g/mol. The van der Waals surface area contributed by atoms with E-state index in [2.05, 4.69) is 36.8 Å². The Kier molecular flexibility index (Phi) is 4.65. The Morgan fingerprint density at radius 2 is 2.16 bits per heavy atom. The predicted molar refractivity (Wildman–Crippen MR) is 81.0 cm³/mol. The van der Waals surface area contributed by atoms with Gasteiger partial charge in [0.05, 0.1) is 20.0 Å². The van der Waals surface area contributed by atoms with Crippen LogP contribution in [0.1, 0.15) is 5.56 Å². The molecule has 1 aromatic heterocycles. The van der Waals surface area contributed by atoms with E-state index in [0.29, 0.717) is 6.54 Å². The van der Waals surface area contributed by atoms with Crippen molar-refractivity contribution in [1.82, 2.24) is 9.55 Å². The molecule has 0 radical (unpaired) electrons. The summed E-state index contributed by atoms with van der Waals surface area (Å²) >= 11 is 12.3. The number of nitrogens with zero attached hydrogens (tertiary/aromatic N) is 2. The molecule has 1 aromatic carbocycles. The molecule has 19 heavy (non-hydrogen) atoms. The van der Waals surface area contributed by atoms with Crippen LogP contribution < -0.4 is 10.3 Å². The molecule has 0 saturated heterocycles. The lowest BCUT2D eigenvalue weighted by atomic mass is 10.2. The highest BCUT2D eigenvalue weighted by molar-refractivity contribution is 9.10. The minimum Gasteiger partial charge on any atom is -0.497 e. The zero-order valence-electron chi connectivity index (χ0n) is 9.86. The number of halogens is 3. The molecule has 0 unspecified atom stereocenters. The number of benzene rings is 1. The molecule has 2 aromatic rings. The summed E-state index contributed by atoms with van der Waals surface area (Å²) in [6.45, 7) is 0.374. The second-order valence-corrected chi connectivity index (χ2v) is 5.75. The van der Waals surface area contributed by atoms with Gasteiger partial charge in [-0.3, -0.25) is 9.36 Å². The fourth-order valence-corrected chi connectivity index (χ4v) is 2.37. The minimum absolute atomic E-state index is 0.158. The fraction of sp³-hybridized carbons (Fsp3) is 0.167. The summed E-state index contributed by atoms with van der Waals surface area (Å²) in [6, 6.07) is 5.57. The van der Waals surface area contributed by atoms with E-state index in [1.54, 1.807) is 7.11 Å². The van der Waals surface area contributed by atoms with Gasteiger partial charge in [-0.1, -0.05) is 27.5 Å². The normalized spacial score (nSPS) is 10.5. The SMILES string of the molecule is COc1ccc(Br)c(Cn2cnc(Cl)c(Br)c2=O)c1. The minimum atomic E-state index is -0.227. The largest absolute Gasteiger partial charge is 0.497 e. The van der Waals surface area contributed by atoms with Crippen LogP contribution in [-0.4, -0.2) is 16.7 Å². The fourth-order valence-electron chi connectivity index (χ4n) is 1.54. The molecule has 7 heteroatoms. The Bertz CT molecular complexity index is 673. The van der Waals surface area contributed by atoms with Crippen molar-refractivity contribution in [3.8, 4) is 5.75 Å². The van der Waals surface area contributed by atoms with Crippen LogP contribution in [0.4, 0.5) is 0 Å². The molecule has 0 aliphatic carbocycles. The summed E-state index contributed by atoms with van der Waals surface area (Å²) in [5.41, 5.74) is 0.687. The quantitative estimate of drug-likeness (QED) is 0.731. The zero-order chi connectivity index (χ0) is 14.0. The summed E-state index contributed by atoms with van der Waals surface area (Å²) in [6.07, 6.45) is 1.42. The molecular weight excluding hydrogens is 399 g/mol. The molecule has 100 valence electrons. The van der Waals surface area contributed by atoms with Gasteiger partial charge in [0.2, 0.25) is 0 Å². The van der Waals surface area contributed by atoms with Crippen LogP contribution in [0.3, 0.4) is 0 Å². The number of hydrogen-bond donors (Lipinski definition) is 0. The van der Waals surface area contributed by atoms with Gasteiger partial charge in [0.25, 0.3) is 5.56 Å². The van der Waals surface area contributed by atoms with E-state index in [1.807, 2.05) is 18.2 Å². The van der Waals surface area contributed by atoms with Gasteiger partial charge in [-0.2, -0.15) is 0 Å². The van der Waals surface area contributed by atoms with E-state index < -0.39 is 0 Å². The third-order valence-electron chi connectivity index (χ3n) is 2.53. The first kappa shape index (κ1) is 14.6. The third kappa shape index (κ3) is 3.19. The molecule has 0 atom stereocenters. The van der Waals surface area contributed by atoms with Crippen molar-refractivity contribution in [3.05, 3.63) is 54.5 Å². The first-order valence-electron chi connectivity index (χ1n) is 5.25. The smallest absolute Gasteiger partial charge is 0.269 e. The number of methoxy groups -OCH3 is 1. The standard InChI is InChI=1S/C12H9Br2ClN2O2/c1-19-8-2-3-9(13)7(4-8)5-17-6-16-11(15)10(14)12(17)18/h2-4,6H,5H2,1H3. The molecule has 0 aliphatic heterocycles. The molecule has 0 saturated carbocycles.